The van der Waals surface area contributed by atoms with Gasteiger partial charge in [-0.2, -0.15) is 0 Å². The van der Waals surface area contributed by atoms with Crippen molar-refractivity contribution in [3.63, 3.8) is 0 Å². The molecule has 1 heterocycles. The maximum Gasteiger partial charge on any atom is 0.133 e. The summed E-state index contributed by atoms with van der Waals surface area (Å²) in [6.45, 7) is 3.69. The molecule has 0 bridgehead atoms. The van der Waals surface area contributed by atoms with Gasteiger partial charge < -0.3 is 0 Å². The third kappa shape index (κ3) is 3.13. The van der Waals surface area contributed by atoms with Crippen molar-refractivity contribution in [1.29, 1.82) is 0 Å². The first-order valence-electron chi connectivity index (χ1n) is 6.23. The lowest BCUT2D eigenvalue weighted by molar-refractivity contribution is -0.122. The predicted molar refractivity (Wildman–Crippen MR) is 65.0 cm³/mol. The molecule has 1 aromatic carbocycles. The van der Waals surface area contributed by atoms with Crippen LogP contribution in [0.5, 0.6) is 0 Å². The van der Waals surface area contributed by atoms with Crippen molar-refractivity contribution in [1.82, 2.24) is 4.90 Å². The zero-order valence-corrected chi connectivity index (χ0v) is 10.5. The van der Waals surface area contributed by atoms with Crippen LogP contribution in [-0.2, 0) is 11.3 Å². The quantitative estimate of drug-likeness (QED) is 0.825. The van der Waals surface area contributed by atoms with Crippen LogP contribution >= 0.6 is 0 Å². The molecule has 0 spiro atoms. The number of Topliss-reactive ketones (excluding diaryl/α,β-unsaturated/α-hetero) is 1. The highest BCUT2D eigenvalue weighted by Gasteiger charge is 2.22. The van der Waals surface area contributed by atoms with E-state index in [-0.39, 0.29) is 11.7 Å². The first-order valence-corrected chi connectivity index (χ1v) is 6.23. The molecule has 0 saturated carbocycles. The summed E-state index contributed by atoms with van der Waals surface area (Å²) in [5.74, 6) is -0.655. The third-order valence-corrected chi connectivity index (χ3v) is 3.57. The van der Waals surface area contributed by atoms with Crippen molar-refractivity contribution in [3.05, 3.63) is 35.4 Å². The van der Waals surface area contributed by atoms with Gasteiger partial charge in [0.1, 0.15) is 17.4 Å². The lowest BCUT2D eigenvalue weighted by Crippen LogP contribution is -2.35. The third-order valence-electron chi connectivity index (χ3n) is 3.57. The van der Waals surface area contributed by atoms with E-state index in [9.17, 15) is 13.6 Å². The van der Waals surface area contributed by atoms with E-state index in [0.29, 0.717) is 12.1 Å². The summed E-state index contributed by atoms with van der Waals surface area (Å²) in [5, 5.41) is 0. The Balaban J connectivity index is 1.93. The van der Waals surface area contributed by atoms with Crippen LogP contribution < -0.4 is 0 Å². The van der Waals surface area contributed by atoms with Crippen molar-refractivity contribution in [2.75, 3.05) is 13.1 Å². The molecule has 1 aromatic rings. The molecule has 1 aliphatic heterocycles. The highest BCUT2D eigenvalue weighted by atomic mass is 19.1. The summed E-state index contributed by atoms with van der Waals surface area (Å²) in [6, 6.07) is 3.68. The van der Waals surface area contributed by atoms with Crippen LogP contribution in [-0.4, -0.2) is 23.8 Å². The Hall–Kier alpha value is -1.29. The number of likely N-dealkylation sites (tertiary alicyclic amines) is 1. The number of halogens is 2. The monoisotopic (exact) mass is 253 g/mol. The number of piperidine rings is 1. The number of nitrogens with zero attached hydrogens (tertiary/aromatic N) is 1. The molecule has 0 atom stereocenters. The summed E-state index contributed by atoms with van der Waals surface area (Å²) in [7, 11) is 0. The largest absolute Gasteiger partial charge is 0.300 e. The van der Waals surface area contributed by atoms with Crippen LogP contribution in [0, 0.1) is 17.6 Å². The van der Waals surface area contributed by atoms with Crippen LogP contribution in [0.1, 0.15) is 25.3 Å². The van der Waals surface area contributed by atoms with Crippen molar-refractivity contribution >= 4 is 5.78 Å². The molecule has 0 N–H and O–H groups in total. The zero-order chi connectivity index (χ0) is 13.1. The van der Waals surface area contributed by atoms with Crippen molar-refractivity contribution in [2.24, 2.45) is 5.92 Å². The minimum absolute atomic E-state index is 0.152. The van der Waals surface area contributed by atoms with E-state index in [1.807, 2.05) is 0 Å². The van der Waals surface area contributed by atoms with E-state index >= 15 is 0 Å². The van der Waals surface area contributed by atoms with Crippen LogP contribution in [0.25, 0.3) is 0 Å². The average Bonchev–Trinajstić information content (AvgIpc) is 2.33. The molecule has 0 amide bonds. The molecule has 4 heteroatoms. The average molecular weight is 253 g/mol. The fourth-order valence-corrected chi connectivity index (χ4v) is 2.39. The Labute approximate surface area is 106 Å². The van der Waals surface area contributed by atoms with Crippen molar-refractivity contribution in [3.8, 4) is 0 Å². The SMILES string of the molecule is CC(=O)C1CCN(Cc2ccc(F)cc2F)CC1. The molecular weight excluding hydrogens is 236 g/mol. The topological polar surface area (TPSA) is 20.3 Å². The van der Waals surface area contributed by atoms with Crippen LogP contribution in [0.3, 0.4) is 0 Å². The van der Waals surface area contributed by atoms with Gasteiger partial charge in [-0.1, -0.05) is 6.07 Å². The Bertz CT molecular complexity index is 439. The van der Waals surface area contributed by atoms with Gasteiger partial charge in [0.25, 0.3) is 0 Å². The second-order valence-corrected chi connectivity index (χ2v) is 4.90. The number of ketones is 1. The second-order valence-electron chi connectivity index (χ2n) is 4.90. The molecule has 0 aliphatic carbocycles. The van der Waals surface area contributed by atoms with Gasteiger partial charge in [-0.3, -0.25) is 9.69 Å². The van der Waals surface area contributed by atoms with Crippen LogP contribution in [0.2, 0.25) is 0 Å². The van der Waals surface area contributed by atoms with E-state index < -0.39 is 11.6 Å². The van der Waals surface area contributed by atoms with Crippen molar-refractivity contribution in [2.45, 2.75) is 26.3 Å². The molecule has 0 aromatic heterocycles. The van der Waals surface area contributed by atoms with Gasteiger partial charge >= 0.3 is 0 Å². The number of carbonyl (C=O) groups is 1. The summed E-state index contributed by atoms with van der Waals surface area (Å²) in [6.07, 6.45) is 1.66. The maximum absolute atomic E-state index is 13.5. The maximum atomic E-state index is 13.5. The van der Waals surface area contributed by atoms with E-state index in [4.69, 9.17) is 0 Å². The van der Waals surface area contributed by atoms with E-state index in [1.54, 1.807) is 6.92 Å². The van der Waals surface area contributed by atoms with Gasteiger partial charge in [-0.05, 0) is 38.9 Å². The fourth-order valence-electron chi connectivity index (χ4n) is 2.39. The molecule has 18 heavy (non-hydrogen) atoms. The molecule has 0 radical (unpaired) electrons. The normalized spacial score (nSPS) is 17.9. The van der Waals surface area contributed by atoms with Gasteiger partial charge in [0.05, 0.1) is 0 Å². The second kappa shape index (κ2) is 5.57. The molecule has 1 fully saturated rings. The molecule has 2 nitrogen and oxygen atoms in total. The summed E-state index contributed by atoms with van der Waals surface area (Å²) in [5.41, 5.74) is 0.512. The lowest BCUT2D eigenvalue weighted by Gasteiger charge is -2.30. The van der Waals surface area contributed by atoms with Crippen molar-refractivity contribution < 1.29 is 13.6 Å². The van der Waals surface area contributed by atoms with E-state index in [2.05, 4.69) is 4.90 Å². The van der Waals surface area contributed by atoms with Crippen LogP contribution in [0.15, 0.2) is 18.2 Å². The first kappa shape index (κ1) is 13.1. The zero-order valence-electron chi connectivity index (χ0n) is 10.5. The highest BCUT2D eigenvalue weighted by Crippen LogP contribution is 2.20. The van der Waals surface area contributed by atoms with Gasteiger partial charge in [-0.15, -0.1) is 0 Å². The van der Waals surface area contributed by atoms with E-state index in [1.165, 1.54) is 12.1 Å². The Morgan fingerprint density at radius 2 is 2.00 bits per heavy atom. The molecule has 0 unspecified atom stereocenters. The number of benzene rings is 1. The Kier molecular flexibility index (Phi) is 4.07. The number of hydrogen-bond acceptors (Lipinski definition) is 2. The number of hydrogen-bond donors (Lipinski definition) is 0. The van der Waals surface area contributed by atoms with Crippen LogP contribution in [0.4, 0.5) is 8.78 Å². The van der Waals surface area contributed by atoms with Gasteiger partial charge in [0.15, 0.2) is 0 Å². The summed E-state index contributed by atoms with van der Waals surface area (Å²) < 4.78 is 26.3. The van der Waals surface area contributed by atoms with Gasteiger partial charge in [-0.25, -0.2) is 8.78 Å². The first-order chi connectivity index (χ1) is 8.56. The molecule has 1 saturated heterocycles. The minimum Gasteiger partial charge on any atom is -0.300 e. The Morgan fingerprint density at radius 3 is 2.56 bits per heavy atom. The predicted octanol–water partition coefficient (Wildman–Crippen LogP) is 2.77. The fraction of sp³-hybridized carbons (Fsp3) is 0.500. The standard InChI is InChI=1S/C14H17F2NO/c1-10(18)11-4-6-17(7-5-11)9-12-2-3-13(15)8-14(12)16/h2-3,8,11H,4-7,9H2,1H3. The number of rotatable bonds is 3. The molecule has 1 aliphatic rings. The molecule has 2 rings (SSSR count). The number of carbonyl (C=O) groups excluding carboxylic acids is 1. The highest BCUT2D eigenvalue weighted by molar-refractivity contribution is 5.78. The summed E-state index contributed by atoms with van der Waals surface area (Å²) in [4.78, 5) is 13.3. The summed E-state index contributed by atoms with van der Waals surface area (Å²) >= 11 is 0. The minimum atomic E-state index is -0.550. The Morgan fingerprint density at radius 1 is 1.33 bits per heavy atom. The van der Waals surface area contributed by atoms with Gasteiger partial charge in [0.2, 0.25) is 0 Å². The van der Waals surface area contributed by atoms with Gasteiger partial charge in [0, 0.05) is 24.1 Å². The molecular formula is C14H17F2NO. The molecule has 98 valence electrons. The smallest absolute Gasteiger partial charge is 0.133 e. The van der Waals surface area contributed by atoms with E-state index in [0.717, 1.165) is 32.0 Å². The lowest BCUT2D eigenvalue weighted by atomic mass is 9.93.